The summed E-state index contributed by atoms with van der Waals surface area (Å²) in [6, 6.07) is 0.0731. The van der Waals surface area contributed by atoms with Crippen molar-refractivity contribution in [2.24, 2.45) is 0 Å². The van der Waals surface area contributed by atoms with E-state index in [-0.39, 0.29) is 11.9 Å². The van der Waals surface area contributed by atoms with Crippen LogP contribution in [0.25, 0.3) is 0 Å². The van der Waals surface area contributed by atoms with E-state index in [1.165, 1.54) is 19.3 Å². The lowest BCUT2D eigenvalue weighted by molar-refractivity contribution is -0.123. The highest BCUT2D eigenvalue weighted by molar-refractivity contribution is 8.00. The van der Waals surface area contributed by atoms with Gasteiger partial charge in [-0.25, -0.2) is 0 Å². The van der Waals surface area contributed by atoms with Gasteiger partial charge in [-0.2, -0.15) is 11.8 Å². The number of hydrogen-bond acceptors (Lipinski definition) is 3. The van der Waals surface area contributed by atoms with E-state index in [4.69, 9.17) is 0 Å². The Hall–Kier alpha value is -0.220. The fourth-order valence-electron chi connectivity index (χ4n) is 2.30. The Balaban J connectivity index is 1.74. The molecule has 1 saturated carbocycles. The van der Waals surface area contributed by atoms with E-state index in [0.29, 0.717) is 4.75 Å². The van der Waals surface area contributed by atoms with Crippen molar-refractivity contribution in [1.29, 1.82) is 0 Å². The third-order valence-corrected chi connectivity index (χ3v) is 5.08. The molecule has 1 aliphatic carbocycles. The summed E-state index contributed by atoms with van der Waals surface area (Å²) in [5, 5.41) is 6.32. The Morgan fingerprint density at radius 1 is 1.53 bits per heavy atom. The van der Waals surface area contributed by atoms with Crippen LogP contribution in [-0.2, 0) is 4.79 Å². The van der Waals surface area contributed by atoms with Gasteiger partial charge in [0.2, 0.25) is 5.91 Å². The van der Waals surface area contributed by atoms with Gasteiger partial charge in [-0.15, -0.1) is 0 Å². The SMILES string of the molecule is CSC1(CNC(=O)[C@H]2CCCN2)CCC1. The van der Waals surface area contributed by atoms with Crippen LogP contribution in [0.5, 0.6) is 0 Å². The average Bonchev–Trinajstić information content (AvgIpc) is 2.69. The van der Waals surface area contributed by atoms with Crippen LogP contribution in [-0.4, -0.2) is 36.0 Å². The van der Waals surface area contributed by atoms with Crippen LogP contribution in [0.2, 0.25) is 0 Å². The minimum atomic E-state index is 0.0731. The van der Waals surface area contributed by atoms with E-state index in [9.17, 15) is 4.79 Å². The van der Waals surface area contributed by atoms with Gasteiger partial charge < -0.3 is 10.6 Å². The van der Waals surface area contributed by atoms with Gasteiger partial charge >= 0.3 is 0 Å². The molecule has 1 atom stereocenters. The summed E-state index contributed by atoms with van der Waals surface area (Å²) in [5.41, 5.74) is 0. The number of carbonyl (C=O) groups is 1. The molecule has 0 radical (unpaired) electrons. The van der Waals surface area contributed by atoms with Crippen molar-refractivity contribution < 1.29 is 4.79 Å². The lowest BCUT2D eigenvalue weighted by Gasteiger charge is -2.40. The molecule has 0 aromatic carbocycles. The molecule has 1 aliphatic heterocycles. The largest absolute Gasteiger partial charge is 0.353 e. The van der Waals surface area contributed by atoms with Gasteiger partial charge in [0.25, 0.3) is 0 Å². The minimum Gasteiger partial charge on any atom is -0.353 e. The first kappa shape index (κ1) is 11.3. The second kappa shape index (κ2) is 4.74. The molecule has 2 N–H and O–H groups in total. The summed E-state index contributed by atoms with van der Waals surface area (Å²) in [6.45, 7) is 1.84. The summed E-state index contributed by atoms with van der Waals surface area (Å²) >= 11 is 1.91. The molecule has 0 aromatic heterocycles. The lowest BCUT2D eigenvalue weighted by Crippen LogP contribution is -2.49. The highest BCUT2D eigenvalue weighted by atomic mass is 32.2. The molecule has 2 rings (SSSR count). The fourth-order valence-corrected chi connectivity index (χ4v) is 3.22. The number of carbonyl (C=O) groups excluding carboxylic acids is 1. The first-order valence-corrected chi connectivity index (χ1v) is 7.04. The standard InChI is InChI=1S/C11H20N2OS/c1-15-11(5-3-6-11)8-13-10(14)9-4-2-7-12-9/h9,12H,2-8H2,1H3,(H,13,14)/t9-/m1/s1. The van der Waals surface area contributed by atoms with Crippen LogP contribution in [0, 0.1) is 0 Å². The van der Waals surface area contributed by atoms with E-state index in [0.717, 1.165) is 25.9 Å². The Morgan fingerprint density at radius 3 is 2.80 bits per heavy atom. The van der Waals surface area contributed by atoms with Crippen LogP contribution in [0.15, 0.2) is 0 Å². The fraction of sp³-hybridized carbons (Fsp3) is 0.909. The first-order chi connectivity index (χ1) is 7.26. The van der Waals surface area contributed by atoms with E-state index in [1.807, 2.05) is 11.8 Å². The number of hydrogen-bond donors (Lipinski definition) is 2. The zero-order valence-electron chi connectivity index (χ0n) is 9.34. The molecular weight excluding hydrogens is 208 g/mol. The molecule has 15 heavy (non-hydrogen) atoms. The van der Waals surface area contributed by atoms with Crippen molar-refractivity contribution in [1.82, 2.24) is 10.6 Å². The average molecular weight is 228 g/mol. The first-order valence-electron chi connectivity index (χ1n) is 5.82. The summed E-state index contributed by atoms with van der Waals surface area (Å²) in [6.07, 6.45) is 8.11. The summed E-state index contributed by atoms with van der Waals surface area (Å²) in [7, 11) is 0. The summed E-state index contributed by atoms with van der Waals surface area (Å²) in [5.74, 6) is 0.202. The lowest BCUT2D eigenvalue weighted by atomic mass is 9.84. The van der Waals surface area contributed by atoms with Crippen molar-refractivity contribution in [3.05, 3.63) is 0 Å². The third kappa shape index (κ3) is 2.48. The highest BCUT2D eigenvalue weighted by Crippen LogP contribution is 2.42. The molecule has 86 valence electrons. The number of thioether (sulfide) groups is 1. The van der Waals surface area contributed by atoms with Crippen molar-refractivity contribution in [2.75, 3.05) is 19.3 Å². The molecule has 1 amide bonds. The molecule has 2 aliphatic rings. The molecular formula is C11H20N2OS. The number of rotatable bonds is 4. The second-order valence-electron chi connectivity index (χ2n) is 4.61. The predicted molar refractivity (Wildman–Crippen MR) is 64.1 cm³/mol. The van der Waals surface area contributed by atoms with E-state index in [1.54, 1.807) is 0 Å². The molecule has 2 fully saturated rings. The van der Waals surface area contributed by atoms with Gasteiger partial charge in [0.1, 0.15) is 0 Å². The van der Waals surface area contributed by atoms with Crippen LogP contribution < -0.4 is 10.6 Å². The Bertz CT molecular complexity index is 229. The van der Waals surface area contributed by atoms with Crippen molar-refractivity contribution in [3.8, 4) is 0 Å². The zero-order valence-corrected chi connectivity index (χ0v) is 10.2. The topological polar surface area (TPSA) is 41.1 Å². The summed E-state index contributed by atoms with van der Waals surface area (Å²) in [4.78, 5) is 11.8. The van der Waals surface area contributed by atoms with Crippen molar-refractivity contribution in [2.45, 2.75) is 42.9 Å². The molecule has 1 saturated heterocycles. The highest BCUT2D eigenvalue weighted by Gasteiger charge is 2.36. The van der Waals surface area contributed by atoms with Crippen LogP contribution in [0.1, 0.15) is 32.1 Å². The normalized spacial score (nSPS) is 28.5. The van der Waals surface area contributed by atoms with Gasteiger partial charge in [0.05, 0.1) is 6.04 Å². The van der Waals surface area contributed by atoms with Gasteiger partial charge in [0, 0.05) is 11.3 Å². The van der Waals surface area contributed by atoms with Gasteiger partial charge in [-0.05, 0) is 38.5 Å². The minimum absolute atomic E-state index is 0.0731. The molecule has 0 spiro atoms. The van der Waals surface area contributed by atoms with Gasteiger partial charge in [0.15, 0.2) is 0 Å². The molecule has 4 heteroatoms. The van der Waals surface area contributed by atoms with Crippen LogP contribution >= 0.6 is 11.8 Å². The maximum absolute atomic E-state index is 11.8. The van der Waals surface area contributed by atoms with Crippen LogP contribution in [0.3, 0.4) is 0 Å². The maximum atomic E-state index is 11.8. The van der Waals surface area contributed by atoms with Crippen LogP contribution in [0.4, 0.5) is 0 Å². The maximum Gasteiger partial charge on any atom is 0.237 e. The molecule has 3 nitrogen and oxygen atoms in total. The van der Waals surface area contributed by atoms with Crippen molar-refractivity contribution >= 4 is 17.7 Å². The summed E-state index contributed by atoms with van der Waals surface area (Å²) < 4.78 is 0.355. The van der Waals surface area contributed by atoms with Crippen molar-refractivity contribution in [3.63, 3.8) is 0 Å². The molecule has 0 aromatic rings. The predicted octanol–water partition coefficient (Wildman–Crippen LogP) is 1.14. The Labute approximate surface area is 95.8 Å². The quantitative estimate of drug-likeness (QED) is 0.758. The number of amides is 1. The Kier molecular flexibility index (Phi) is 3.57. The molecule has 1 heterocycles. The van der Waals surface area contributed by atoms with E-state index < -0.39 is 0 Å². The monoisotopic (exact) mass is 228 g/mol. The zero-order chi connectivity index (χ0) is 10.7. The van der Waals surface area contributed by atoms with E-state index in [2.05, 4.69) is 16.9 Å². The van der Waals surface area contributed by atoms with E-state index >= 15 is 0 Å². The van der Waals surface area contributed by atoms with Gasteiger partial charge in [-0.1, -0.05) is 6.42 Å². The van der Waals surface area contributed by atoms with Gasteiger partial charge in [-0.3, -0.25) is 4.79 Å². The Morgan fingerprint density at radius 2 is 2.33 bits per heavy atom. The molecule has 0 bridgehead atoms. The molecule has 0 unspecified atom stereocenters. The number of nitrogens with one attached hydrogen (secondary N) is 2. The smallest absolute Gasteiger partial charge is 0.237 e. The third-order valence-electron chi connectivity index (χ3n) is 3.66. The second-order valence-corrected chi connectivity index (χ2v) is 5.88.